The molecular formula is H7CaKO2. The summed E-state index contributed by atoms with van der Waals surface area (Å²) in [7, 11) is 0. The van der Waals surface area contributed by atoms with Gasteiger partial charge in [0.05, 0.1) is 0 Å². The first-order valence-electron chi connectivity index (χ1n) is 0. The molecule has 0 bridgehead atoms. The Hall–Kier alpha value is 2.82. The van der Waals surface area contributed by atoms with E-state index in [4.69, 9.17) is 0 Å². The van der Waals surface area contributed by atoms with Crippen LogP contribution in [0.25, 0.3) is 0 Å². The van der Waals surface area contributed by atoms with Crippen LogP contribution in [0.3, 0.4) is 0 Å². The zero-order valence-corrected chi connectivity index (χ0v) is 8.04. The summed E-state index contributed by atoms with van der Waals surface area (Å²) in [4.78, 5) is 0. The Morgan fingerprint density at radius 3 is 1.00 bits per heavy atom. The van der Waals surface area contributed by atoms with Crippen LogP contribution in [0.2, 0.25) is 0 Å². The van der Waals surface area contributed by atoms with Gasteiger partial charge in [0.25, 0.3) is 0 Å². The van der Waals surface area contributed by atoms with Gasteiger partial charge in [-0.15, -0.1) is 0 Å². The van der Waals surface area contributed by atoms with E-state index in [1.165, 1.54) is 0 Å². The quantitative estimate of drug-likeness (QED) is 0.287. The van der Waals surface area contributed by atoms with E-state index in [1.54, 1.807) is 0 Å². The van der Waals surface area contributed by atoms with Gasteiger partial charge in [-0.3, -0.25) is 0 Å². The second-order valence-electron chi connectivity index (χ2n) is 0. The van der Waals surface area contributed by atoms with E-state index in [0.717, 1.165) is 0 Å². The van der Waals surface area contributed by atoms with E-state index in [2.05, 4.69) is 0 Å². The van der Waals surface area contributed by atoms with E-state index < -0.39 is 0 Å². The third-order valence-corrected chi connectivity index (χ3v) is 0. The first-order valence-corrected chi connectivity index (χ1v) is 0. The van der Waals surface area contributed by atoms with E-state index in [9.17, 15) is 0 Å². The molecule has 0 aliphatic heterocycles. The number of hydrogen-bond donors (Lipinski definition) is 0. The standard InChI is InChI=1S/Ca.K.2H2O.3H/h;;2*1H2;;;/q+2;+1;;;3*-1. The van der Waals surface area contributed by atoms with Crippen molar-refractivity contribution in [2.24, 2.45) is 0 Å². The van der Waals surface area contributed by atoms with Crippen molar-refractivity contribution in [1.82, 2.24) is 0 Å². The Bertz CT molecular complexity index is 12.9. The summed E-state index contributed by atoms with van der Waals surface area (Å²) in [6.45, 7) is 0. The Morgan fingerprint density at radius 1 is 1.00 bits per heavy atom. The molecule has 2 nitrogen and oxygen atoms in total. The summed E-state index contributed by atoms with van der Waals surface area (Å²) >= 11 is 0. The van der Waals surface area contributed by atoms with Crippen molar-refractivity contribution in [3.05, 3.63) is 0 Å². The van der Waals surface area contributed by atoms with E-state index >= 15 is 0 Å². The second kappa shape index (κ2) is 17.0. The van der Waals surface area contributed by atoms with Gasteiger partial charge in [-0.2, -0.15) is 0 Å². The van der Waals surface area contributed by atoms with Crippen molar-refractivity contribution in [3.8, 4) is 0 Å². The monoisotopic (exact) mass is 118 g/mol. The zero-order chi connectivity index (χ0) is 0. The molecule has 0 radical (unpaired) electrons. The van der Waals surface area contributed by atoms with Crippen LogP contribution in [-0.2, 0) is 0 Å². The fourth-order valence-electron chi connectivity index (χ4n) is 0. The second-order valence-corrected chi connectivity index (χ2v) is 0. The summed E-state index contributed by atoms with van der Waals surface area (Å²) in [6.07, 6.45) is 0. The summed E-state index contributed by atoms with van der Waals surface area (Å²) in [6, 6.07) is 0. The van der Waals surface area contributed by atoms with Crippen LogP contribution >= 0.6 is 0 Å². The van der Waals surface area contributed by atoms with E-state index in [-0.39, 0.29) is 104 Å². The van der Waals surface area contributed by atoms with Crippen molar-refractivity contribution in [2.45, 2.75) is 0 Å². The molecule has 4 heteroatoms. The van der Waals surface area contributed by atoms with Gasteiger partial charge >= 0.3 is 89.1 Å². The minimum atomic E-state index is 0. The molecule has 0 aliphatic rings. The first kappa shape index (κ1) is 29.1. The van der Waals surface area contributed by atoms with Gasteiger partial charge in [-0.25, -0.2) is 0 Å². The minimum absolute atomic E-state index is 0. The molecule has 4 N–H and O–H groups in total. The average molecular weight is 118 g/mol. The van der Waals surface area contributed by atoms with Crippen molar-refractivity contribution < 1.29 is 66.6 Å². The largest absolute Gasteiger partial charge is 2.00 e. The van der Waals surface area contributed by atoms with Crippen LogP contribution in [0.4, 0.5) is 0 Å². The molecule has 0 saturated carbocycles. The molecule has 0 spiro atoms. The van der Waals surface area contributed by atoms with Crippen molar-refractivity contribution in [1.29, 1.82) is 0 Å². The van der Waals surface area contributed by atoms with Gasteiger partial charge in [-0.05, 0) is 0 Å². The SMILES string of the molecule is O.O.[Ca+2].[H-].[H-].[H-].[K+]. The summed E-state index contributed by atoms with van der Waals surface area (Å²) in [5.74, 6) is 0. The zero-order valence-electron chi connectivity index (χ0n) is 5.71. The van der Waals surface area contributed by atoms with Gasteiger partial charge in [0.1, 0.15) is 0 Å². The van der Waals surface area contributed by atoms with Crippen LogP contribution < -0.4 is 51.4 Å². The molecule has 0 aromatic rings. The van der Waals surface area contributed by atoms with Gasteiger partial charge in [0.15, 0.2) is 0 Å². The molecule has 0 aromatic carbocycles. The predicted molar refractivity (Wildman–Crippen MR) is 16.3 cm³/mol. The Balaban J connectivity index is 0. The fraction of sp³-hybridized carbons (Fsp3) is 0. The fourth-order valence-corrected chi connectivity index (χ4v) is 0. The Morgan fingerprint density at radius 2 is 1.00 bits per heavy atom. The minimum Gasteiger partial charge on any atom is -1.00 e. The normalized spacial score (nSPS) is 0. The molecule has 0 heterocycles. The smallest absolute Gasteiger partial charge is 1.00 e. The van der Waals surface area contributed by atoms with Crippen molar-refractivity contribution >= 4 is 37.7 Å². The van der Waals surface area contributed by atoms with Crippen molar-refractivity contribution in [2.75, 3.05) is 0 Å². The third kappa shape index (κ3) is 8.84. The van der Waals surface area contributed by atoms with Crippen LogP contribution in [0.5, 0.6) is 0 Å². The number of hydrogen-bond acceptors (Lipinski definition) is 0. The van der Waals surface area contributed by atoms with Crippen molar-refractivity contribution in [3.63, 3.8) is 0 Å². The predicted octanol–water partition coefficient (Wildman–Crippen LogP) is -4.69. The molecule has 0 fully saturated rings. The molecule has 0 saturated heterocycles. The van der Waals surface area contributed by atoms with Gasteiger partial charge in [-0.1, -0.05) is 0 Å². The van der Waals surface area contributed by atoms with Gasteiger partial charge in [0.2, 0.25) is 0 Å². The Kier molecular flexibility index (Phi) is 124. The van der Waals surface area contributed by atoms with Crippen LogP contribution in [0.1, 0.15) is 4.28 Å². The maximum absolute atomic E-state index is 0. The average Bonchev–Trinajstić information content (AvgIpc) is 0. The molecular weight excluding hydrogens is 111 g/mol. The van der Waals surface area contributed by atoms with Crippen LogP contribution in [0, 0.1) is 0 Å². The van der Waals surface area contributed by atoms with E-state index in [1.807, 2.05) is 0 Å². The summed E-state index contributed by atoms with van der Waals surface area (Å²) in [5.41, 5.74) is 0. The molecule has 0 aliphatic carbocycles. The summed E-state index contributed by atoms with van der Waals surface area (Å²) < 4.78 is 0. The van der Waals surface area contributed by atoms with Crippen LogP contribution in [-0.4, -0.2) is 48.7 Å². The van der Waals surface area contributed by atoms with E-state index in [0.29, 0.717) is 0 Å². The summed E-state index contributed by atoms with van der Waals surface area (Å²) in [5, 5.41) is 0. The van der Waals surface area contributed by atoms with Crippen LogP contribution in [0.15, 0.2) is 0 Å². The molecule has 0 amide bonds. The maximum atomic E-state index is 0. The number of rotatable bonds is 0. The first-order chi connectivity index (χ1) is 0. The molecule has 0 atom stereocenters. The maximum Gasteiger partial charge on any atom is 2.00 e. The third-order valence-electron chi connectivity index (χ3n) is 0. The molecule has 0 rings (SSSR count). The molecule has 22 valence electrons. The van der Waals surface area contributed by atoms with Gasteiger partial charge in [0, 0.05) is 0 Å². The molecule has 0 unspecified atom stereocenters. The van der Waals surface area contributed by atoms with Gasteiger partial charge < -0.3 is 15.2 Å². The Labute approximate surface area is 102 Å². The molecule has 4 heavy (non-hydrogen) atoms. The molecule has 0 aromatic heterocycles. The topological polar surface area (TPSA) is 63.0 Å².